The van der Waals surface area contributed by atoms with Crippen molar-refractivity contribution in [3.05, 3.63) is 24.0 Å². The highest BCUT2D eigenvalue weighted by molar-refractivity contribution is 5.23. The lowest BCUT2D eigenvalue weighted by Gasteiger charge is -2.29. The fourth-order valence-corrected chi connectivity index (χ4v) is 2.35. The van der Waals surface area contributed by atoms with Crippen LogP contribution in [0.5, 0.6) is 0 Å². The van der Waals surface area contributed by atoms with Gasteiger partial charge in [0.15, 0.2) is 0 Å². The van der Waals surface area contributed by atoms with Crippen LogP contribution in [-0.4, -0.2) is 48.6 Å². The Hall–Kier alpha value is -0.960. The summed E-state index contributed by atoms with van der Waals surface area (Å²) >= 11 is 0. The van der Waals surface area contributed by atoms with E-state index in [0.29, 0.717) is 12.1 Å². The van der Waals surface area contributed by atoms with E-state index in [-0.39, 0.29) is 0 Å². The summed E-state index contributed by atoms with van der Waals surface area (Å²) in [4.78, 5) is 4.84. The molecule has 3 nitrogen and oxygen atoms in total. The Morgan fingerprint density at radius 3 is 2.75 bits per heavy atom. The molecule has 0 spiro atoms. The van der Waals surface area contributed by atoms with E-state index in [1.54, 1.807) is 0 Å². The van der Waals surface area contributed by atoms with Gasteiger partial charge < -0.3 is 15.1 Å². The SMILES string of the molecule is CN[C@@H]1CCN(C2=CCN(C(C)C)C=C2)C1. The van der Waals surface area contributed by atoms with E-state index in [9.17, 15) is 0 Å². The Bertz CT molecular complexity index is 294. The smallest absolute Gasteiger partial charge is 0.0379 e. The molecule has 90 valence electrons. The zero-order valence-electron chi connectivity index (χ0n) is 10.6. The summed E-state index contributed by atoms with van der Waals surface area (Å²) in [6.07, 6.45) is 8.09. The van der Waals surface area contributed by atoms with Crippen molar-refractivity contribution in [3.8, 4) is 0 Å². The van der Waals surface area contributed by atoms with E-state index in [2.05, 4.69) is 54.4 Å². The topological polar surface area (TPSA) is 18.5 Å². The minimum atomic E-state index is 0.595. The van der Waals surface area contributed by atoms with Crippen molar-refractivity contribution in [2.24, 2.45) is 0 Å². The number of allylic oxidation sites excluding steroid dienone is 1. The van der Waals surface area contributed by atoms with Crippen molar-refractivity contribution in [3.63, 3.8) is 0 Å². The lowest BCUT2D eigenvalue weighted by molar-refractivity contribution is 0.327. The zero-order chi connectivity index (χ0) is 11.5. The van der Waals surface area contributed by atoms with E-state index < -0.39 is 0 Å². The van der Waals surface area contributed by atoms with Crippen molar-refractivity contribution in [2.45, 2.75) is 32.4 Å². The molecule has 2 rings (SSSR count). The van der Waals surface area contributed by atoms with Gasteiger partial charge in [0.2, 0.25) is 0 Å². The second-order valence-corrected chi connectivity index (χ2v) is 4.96. The van der Waals surface area contributed by atoms with Gasteiger partial charge in [-0.1, -0.05) is 0 Å². The standard InChI is InChI=1S/C13H23N3/c1-11(2)15-8-5-13(6-9-15)16-7-4-12(10-16)14-3/h5-6,8,11-12,14H,4,7,9-10H2,1-3H3/t12-/m1/s1. The Labute approximate surface area is 98.8 Å². The van der Waals surface area contributed by atoms with Crippen LogP contribution in [0.2, 0.25) is 0 Å². The summed E-state index contributed by atoms with van der Waals surface area (Å²) in [7, 11) is 2.06. The maximum absolute atomic E-state index is 3.36. The number of nitrogens with zero attached hydrogens (tertiary/aromatic N) is 2. The Kier molecular flexibility index (Phi) is 3.54. The van der Waals surface area contributed by atoms with Crippen LogP contribution in [-0.2, 0) is 0 Å². The lowest BCUT2D eigenvalue weighted by Crippen LogP contribution is -2.32. The van der Waals surface area contributed by atoms with Gasteiger partial charge in [0.25, 0.3) is 0 Å². The van der Waals surface area contributed by atoms with Gasteiger partial charge in [0.1, 0.15) is 0 Å². The predicted octanol–water partition coefficient (Wildman–Crippen LogP) is 1.40. The minimum Gasteiger partial charge on any atom is -0.371 e. The molecule has 2 heterocycles. The molecule has 0 bridgehead atoms. The third-order valence-corrected chi connectivity index (χ3v) is 3.57. The maximum atomic E-state index is 3.36. The van der Waals surface area contributed by atoms with Gasteiger partial charge in [0, 0.05) is 43.6 Å². The van der Waals surface area contributed by atoms with Gasteiger partial charge in [-0.2, -0.15) is 0 Å². The highest BCUT2D eigenvalue weighted by atomic mass is 15.2. The molecule has 3 heteroatoms. The highest BCUT2D eigenvalue weighted by Crippen LogP contribution is 2.19. The Balaban J connectivity index is 1.91. The van der Waals surface area contributed by atoms with Crippen molar-refractivity contribution < 1.29 is 0 Å². The average molecular weight is 221 g/mol. The average Bonchev–Trinajstić information content (AvgIpc) is 2.77. The molecular weight excluding hydrogens is 198 g/mol. The first-order valence-corrected chi connectivity index (χ1v) is 6.27. The lowest BCUT2D eigenvalue weighted by atomic mass is 10.2. The molecule has 0 aliphatic carbocycles. The molecule has 0 amide bonds. The molecule has 1 atom stereocenters. The van der Waals surface area contributed by atoms with Crippen LogP contribution in [0.15, 0.2) is 24.0 Å². The Morgan fingerprint density at radius 1 is 1.44 bits per heavy atom. The van der Waals surface area contributed by atoms with Gasteiger partial charge in [-0.15, -0.1) is 0 Å². The molecule has 1 saturated heterocycles. The monoisotopic (exact) mass is 221 g/mol. The zero-order valence-corrected chi connectivity index (χ0v) is 10.6. The normalized spacial score (nSPS) is 25.5. The second kappa shape index (κ2) is 4.91. The fourth-order valence-electron chi connectivity index (χ4n) is 2.35. The fraction of sp³-hybridized carbons (Fsp3) is 0.692. The molecule has 2 aliphatic rings. The van der Waals surface area contributed by atoms with Gasteiger partial charge in [0.05, 0.1) is 0 Å². The van der Waals surface area contributed by atoms with Crippen LogP contribution in [0.3, 0.4) is 0 Å². The summed E-state index contributed by atoms with van der Waals surface area (Å²) in [6, 6.07) is 1.26. The molecule has 1 N–H and O–H groups in total. The third kappa shape index (κ3) is 2.40. The summed E-state index contributed by atoms with van der Waals surface area (Å²) in [5.74, 6) is 0. The number of likely N-dealkylation sites (N-methyl/N-ethyl adjacent to an activating group) is 1. The number of likely N-dealkylation sites (tertiary alicyclic amines) is 1. The van der Waals surface area contributed by atoms with Crippen molar-refractivity contribution in [1.29, 1.82) is 0 Å². The van der Waals surface area contributed by atoms with E-state index in [4.69, 9.17) is 0 Å². The van der Waals surface area contributed by atoms with Crippen molar-refractivity contribution in [1.82, 2.24) is 15.1 Å². The first kappa shape index (κ1) is 11.5. The van der Waals surface area contributed by atoms with Gasteiger partial charge in [-0.25, -0.2) is 0 Å². The van der Waals surface area contributed by atoms with Gasteiger partial charge in [-0.05, 0) is 39.5 Å². The molecule has 0 aromatic heterocycles. The van der Waals surface area contributed by atoms with E-state index in [0.717, 1.165) is 13.1 Å². The first-order valence-electron chi connectivity index (χ1n) is 6.27. The summed E-state index contributed by atoms with van der Waals surface area (Å²) < 4.78 is 0. The van der Waals surface area contributed by atoms with Crippen LogP contribution in [0.25, 0.3) is 0 Å². The maximum Gasteiger partial charge on any atom is 0.0379 e. The summed E-state index contributed by atoms with van der Waals surface area (Å²) in [5.41, 5.74) is 1.40. The summed E-state index contributed by atoms with van der Waals surface area (Å²) in [6.45, 7) is 7.84. The molecule has 0 aromatic carbocycles. The second-order valence-electron chi connectivity index (χ2n) is 4.96. The first-order chi connectivity index (χ1) is 7.70. The van der Waals surface area contributed by atoms with E-state index >= 15 is 0 Å². The van der Waals surface area contributed by atoms with E-state index in [1.807, 2.05) is 0 Å². The molecule has 0 unspecified atom stereocenters. The summed E-state index contributed by atoms with van der Waals surface area (Å²) in [5, 5.41) is 3.36. The quantitative estimate of drug-likeness (QED) is 0.777. The van der Waals surface area contributed by atoms with Gasteiger partial charge >= 0.3 is 0 Å². The number of rotatable bonds is 3. The number of hydrogen-bond donors (Lipinski definition) is 1. The van der Waals surface area contributed by atoms with Crippen LogP contribution < -0.4 is 5.32 Å². The van der Waals surface area contributed by atoms with Crippen molar-refractivity contribution in [2.75, 3.05) is 26.7 Å². The van der Waals surface area contributed by atoms with Gasteiger partial charge in [-0.3, -0.25) is 0 Å². The van der Waals surface area contributed by atoms with Crippen molar-refractivity contribution >= 4 is 0 Å². The molecule has 0 aromatic rings. The molecule has 0 saturated carbocycles. The molecule has 0 radical (unpaired) electrons. The molecule has 1 fully saturated rings. The number of nitrogens with one attached hydrogen (secondary N) is 1. The van der Waals surface area contributed by atoms with E-state index in [1.165, 1.54) is 18.7 Å². The number of hydrogen-bond acceptors (Lipinski definition) is 3. The largest absolute Gasteiger partial charge is 0.371 e. The van der Waals surface area contributed by atoms with Crippen LogP contribution in [0, 0.1) is 0 Å². The predicted molar refractivity (Wildman–Crippen MR) is 68.1 cm³/mol. The van der Waals surface area contributed by atoms with Crippen LogP contribution in [0.1, 0.15) is 20.3 Å². The highest BCUT2D eigenvalue weighted by Gasteiger charge is 2.22. The minimum absolute atomic E-state index is 0.595. The third-order valence-electron chi connectivity index (χ3n) is 3.57. The molecule has 16 heavy (non-hydrogen) atoms. The van der Waals surface area contributed by atoms with Crippen LogP contribution >= 0.6 is 0 Å². The molecular formula is C13H23N3. The van der Waals surface area contributed by atoms with Crippen LogP contribution in [0.4, 0.5) is 0 Å². The molecule has 2 aliphatic heterocycles. The Morgan fingerprint density at radius 2 is 2.25 bits per heavy atom.